The van der Waals surface area contributed by atoms with Crippen molar-refractivity contribution in [3.63, 3.8) is 0 Å². The minimum atomic E-state index is -1.18. The zero-order chi connectivity index (χ0) is 17.3. The molecule has 2 amide bonds. The molecule has 0 radical (unpaired) electrons. The number of carbonyl (C=O) groups is 2. The molecule has 0 bridgehead atoms. The Morgan fingerprint density at radius 3 is 2.62 bits per heavy atom. The molecule has 6 heteroatoms. The molecule has 6 nitrogen and oxygen atoms in total. The SMILES string of the molecule is Cc1cc(NC(=O)C(C)(C)C(=O)N2CCc3ccccc3C2)no1. The van der Waals surface area contributed by atoms with Crippen LogP contribution in [0.2, 0.25) is 0 Å². The summed E-state index contributed by atoms with van der Waals surface area (Å²) < 4.78 is 4.93. The van der Waals surface area contributed by atoms with E-state index in [1.54, 1.807) is 31.7 Å². The molecular formula is C18H21N3O3. The average Bonchev–Trinajstić information content (AvgIpc) is 2.98. The first kappa shape index (κ1) is 16.2. The third kappa shape index (κ3) is 3.04. The van der Waals surface area contributed by atoms with Crippen LogP contribution in [-0.2, 0) is 22.6 Å². The van der Waals surface area contributed by atoms with Crippen LogP contribution in [0.1, 0.15) is 30.7 Å². The Balaban J connectivity index is 1.72. The molecule has 0 fully saturated rings. The highest BCUT2D eigenvalue weighted by Crippen LogP contribution is 2.26. The third-order valence-electron chi connectivity index (χ3n) is 4.39. The molecule has 126 valence electrons. The van der Waals surface area contributed by atoms with Crippen molar-refractivity contribution in [2.45, 2.75) is 33.7 Å². The quantitative estimate of drug-likeness (QED) is 0.879. The number of aryl methyl sites for hydroxylation is 1. The van der Waals surface area contributed by atoms with E-state index >= 15 is 0 Å². The van der Waals surface area contributed by atoms with Crippen molar-refractivity contribution in [1.82, 2.24) is 10.1 Å². The lowest BCUT2D eigenvalue weighted by molar-refractivity contribution is -0.147. The molecule has 3 rings (SSSR count). The van der Waals surface area contributed by atoms with Gasteiger partial charge in [0.2, 0.25) is 11.8 Å². The summed E-state index contributed by atoms with van der Waals surface area (Å²) in [7, 11) is 0. The predicted octanol–water partition coefficient (Wildman–Crippen LogP) is 2.53. The summed E-state index contributed by atoms with van der Waals surface area (Å²) in [5.41, 5.74) is 1.22. The molecule has 1 aromatic heterocycles. The van der Waals surface area contributed by atoms with Crippen molar-refractivity contribution in [1.29, 1.82) is 0 Å². The number of hydrogen-bond donors (Lipinski definition) is 1. The summed E-state index contributed by atoms with van der Waals surface area (Å²) >= 11 is 0. The first-order valence-electron chi connectivity index (χ1n) is 7.99. The molecule has 1 aliphatic rings. The first-order valence-corrected chi connectivity index (χ1v) is 7.99. The molecule has 1 aliphatic heterocycles. The molecular weight excluding hydrogens is 306 g/mol. The molecule has 2 heterocycles. The highest BCUT2D eigenvalue weighted by Gasteiger charge is 2.40. The molecule has 0 saturated heterocycles. The van der Waals surface area contributed by atoms with Crippen LogP contribution in [0.4, 0.5) is 5.82 Å². The number of carbonyl (C=O) groups excluding carboxylic acids is 2. The summed E-state index contributed by atoms with van der Waals surface area (Å²) in [4.78, 5) is 27.2. The molecule has 0 saturated carbocycles. The third-order valence-corrected chi connectivity index (χ3v) is 4.39. The number of rotatable bonds is 3. The van der Waals surface area contributed by atoms with Gasteiger partial charge in [-0.15, -0.1) is 0 Å². The van der Waals surface area contributed by atoms with E-state index in [4.69, 9.17) is 4.52 Å². The van der Waals surface area contributed by atoms with Crippen molar-refractivity contribution in [2.24, 2.45) is 5.41 Å². The maximum Gasteiger partial charge on any atom is 0.240 e. The van der Waals surface area contributed by atoms with Gasteiger partial charge in [0.15, 0.2) is 5.82 Å². The number of benzene rings is 1. The van der Waals surface area contributed by atoms with Gasteiger partial charge in [-0.1, -0.05) is 29.4 Å². The topological polar surface area (TPSA) is 75.4 Å². The van der Waals surface area contributed by atoms with Crippen molar-refractivity contribution >= 4 is 17.6 Å². The van der Waals surface area contributed by atoms with E-state index in [0.29, 0.717) is 24.7 Å². The largest absolute Gasteiger partial charge is 0.360 e. The summed E-state index contributed by atoms with van der Waals surface area (Å²) in [6, 6.07) is 9.71. The number of nitrogens with zero attached hydrogens (tertiary/aromatic N) is 2. The lowest BCUT2D eigenvalue weighted by Gasteiger charge is -2.34. The van der Waals surface area contributed by atoms with Crippen LogP contribution in [0.25, 0.3) is 0 Å². The van der Waals surface area contributed by atoms with E-state index in [9.17, 15) is 9.59 Å². The zero-order valence-corrected chi connectivity index (χ0v) is 14.1. The zero-order valence-electron chi connectivity index (χ0n) is 14.1. The minimum absolute atomic E-state index is 0.185. The van der Waals surface area contributed by atoms with Gasteiger partial charge in [-0.3, -0.25) is 9.59 Å². The van der Waals surface area contributed by atoms with Crippen molar-refractivity contribution in [3.05, 3.63) is 47.2 Å². The van der Waals surface area contributed by atoms with E-state index in [-0.39, 0.29) is 11.8 Å². The summed E-state index contributed by atoms with van der Waals surface area (Å²) in [5, 5.41) is 6.39. The molecule has 0 aliphatic carbocycles. The fourth-order valence-corrected chi connectivity index (χ4v) is 2.86. The van der Waals surface area contributed by atoms with Gasteiger partial charge in [-0.05, 0) is 38.3 Å². The molecule has 0 spiro atoms. The number of fused-ring (bicyclic) bond motifs is 1. The highest BCUT2D eigenvalue weighted by atomic mass is 16.5. The Morgan fingerprint density at radius 1 is 1.25 bits per heavy atom. The Labute approximate surface area is 140 Å². The Morgan fingerprint density at radius 2 is 1.96 bits per heavy atom. The predicted molar refractivity (Wildman–Crippen MR) is 89.2 cm³/mol. The van der Waals surface area contributed by atoms with Gasteiger partial charge >= 0.3 is 0 Å². The van der Waals surface area contributed by atoms with Crippen molar-refractivity contribution in [3.8, 4) is 0 Å². The standard InChI is InChI=1S/C18H21N3O3/c1-12-10-15(20-24-12)19-16(22)18(2,3)17(23)21-9-8-13-6-4-5-7-14(13)11-21/h4-7,10H,8-9,11H2,1-3H3,(H,19,20,22). The molecule has 2 aromatic rings. The maximum atomic E-state index is 12.9. The monoisotopic (exact) mass is 327 g/mol. The molecule has 1 aromatic carbocycles. The molecule has 0 atom stereocenters. The molecule has 1 N–H and O–H groups in total. The first-order chi connectivity index (χ1) is 11.4. The van der Waals surface area contributed by atoms with E-state index in [0.717, 1.165) is 12.0 Å². The Hall–Kier alpha value is -2.63. The van der Waals surface area contributed by atoms with Gasteiger partial charge in [0, 0.05) is 19.2 Å². The second-order valence-electron chi connectivity index (χ2n) is 6.65. The summed E-state index contributed by atoms with van der Waals surface area (Å²) in [6.07, 6.45) is 0.808. The minimum Gasteiger partial charge on any atom is -0.360 e. The van der Waals surface area contributed by atoms with Gasteiger partial charge in [0.05, 0.1) is 0 Å². The van der Waals surface area contributed by atoms with Crippen LogP contribution in [0.5, 0.6) is 0 Å². The van der Waals surface area contributed by atoms with E-state index in [1.165, 1.54) is 5.56 Å². The van der Waals surface area contributed by atoms with Gasteiger partial charge in [-0.2, -0.15) is 0 Å². The number of anilines is 1. The maximum absolute atomic E-state index is 12.9. The van der Waals surface area contributed by atoms with Gasteiger partial charge < -0.3 is 14.7 Å². The summed E-state index contributed by atoms with van der Waals surface area (Å²) in [5.74, 6) is 0.346. The normalized spacial score (nSPS) is 14.2. The van der Waals surface area contributed by atoms with Gasteiger partial charge in [0.1, 0.15) is 11.2 Å². The van der Waals surface area contributed by atoms with Crippen LogP contribution < -0.4 is 5.32 Å². The lowest BCUT2D eigenvalue weighted by Crippen LogP contribution is -2.48. The number of hydrogen-bond acceptors (Lipinski definition) is 4. The Kier molecular flexibility index (Phi) is 4.13. The smallest absolute Gasteiger partial charge is 0.240 e. The van der Waals surface area contributed by atoms with E-state index in [2.05, 4.69) is 16.5 Å². The second-order valence-corrected chi connectivity index (χ2v) is 6.65. The number of aromatic nitrogens is 1. The summed E-state index contributed by atoms with van der Waals surface area (Å²) in [6.45, 7) is 6.17. The van der Waals surface area contributed by atoms with Crippen LogP contribution in [0.15, 0.2) is 34.9 Å². The lowest BCUT2D eigenvalue weighted by atomic mass is 9.88. The fourth-order valence-electron chi connectivity index (χ4n) is 2.86. The van der Waals surface area contributed by atoms with Gasteiger partial charge in [0.25, 0.3) is 0 Å². The van der Waals surface area contributed by atoms with Crippen LogP contribution in [-0.4, -0.2) is 28.4 Å². The molecule has 24 heavy (non-hydrogen) atoms. The second kappa shape index (κ2) is 6.11. The van der Waals surface area contributed by atoms with Crippen molar-refractivity contribution < 1.29 is 14.1 Å². The number of nitrogens with one attached hydrogen (secondary N) is 1. The van der Waals surface area contributed by atoms with Crippen molar-refractivity contribution in [2.75, 3.05) is 11.9 Å². The van der Waals surface area contributed by atoms with Crippen LogP contribution in [0.3, 0.4) is 0 Å². The van der Waals surface area contributed by atoms with Gasteiger partial charge in [-0.25, -0.2) is 0 Å². The average molecular weight is 327 g/mol. The fraction of sp³-hybridized carbons (Fsp3) is 0.389. The van der Waals surface area contributed by atoms with E-state index < -0.39 is 5.41 Å². The highest BCUT2D eigenvalue weighted by molar-refractivity contribution is 6.09. The van der Waals surface area contributed by atoms with Crippen LogP contribution in [0, 0.1) is 12.3 Å². The molecule has 0 unspecified atom stereocenters. The van der Waals surface area contributed by atoms with Crippen LogP contribution >= 0.6 is 0 Å². The number of amides is 2. The van der Waals surface area contributed by atoms with E-state index in [1.807, 2.05) is 18.2 Å². The Bertz CT molecular complexity index is 779.